The monoisotopic (exact) mass is 224 g/mol. The third-order valence-corrected chi connectivity index (χ3v) is 3.52. The summed E-state index contributed by atoms with van der Waals surface area (Å²) in [6.07, 6.45) is 5.29. The van der Waals surface area contributed by atoms with Crippen molar-refractivity contribution in [3.8, 4) is 0 Å². The average molecular weight is 224 g/mol. The summed E-state index contributed by atoms with van der Waals surface area (Å²) in [5.74, 6) is 0. The van der Waals surface area contributed by atoms with Crippen LogP contribution in [0.1, 0.15) is 31.0 Å². The fourth-order valence-corrected chi connectivity index (χ4v) is 2.39. The van der Waals surface area contributed by atoms with Gasteiger partial charge in [-0.2, -0.15) is 0 Å². The summed E-state index contributed by atoms with van der Waals surface area (Å²) in [4.78, 5) is 4.43. The molecule has 1 fully saturated rings. The van der Waals surface area contributed by atoms with Gasteiger partial charge in [0.1, 0.15) is 5.03 Å². The molecule has 2 unspecified atom stereocenters. The maximum atomic E-state index is 11.3. The smallest absolute Gasteiger partial charge is 0.127 e. The van der Waals surface area contributed by atoms with Crippen LogP contribution in [0.4, 0.5) is 0 Å². The first kappa shape index (κ1) is 10.8. The minimum absolute atomic E-state index is 0.349. The van der Waals surface area contributed by atoms with E-state index in [1.165, 1.54) is 12.8 Å². The molecule has 82 valence electrons. The number of hydrogen-bond acceptors (Lipinski definition) is 3. The van der Waals surface area contributed by atoms with Crippen molar-refractivity contribution in [1.29, 1.82) is 0 Å². The molecular weight excluding hydrogens is 208 g/mol. The molecule has 2 atom stereocenters. The van der Waals surface area contributed by atoms with E-state index in [4.69, 9.17) is 0 Å². The molecule has 15 heavy (non-hydrogen) atoms. The van der Waals surface area contributed by atoms with E-state index in [1.807, 2.05) is 18.2 Å². The Bertz CT molecular complexity index is 361. The lowest BCUT2D eigenvalue weighted by atomic mass is 10.0. The molecule has 0 aliphatic carbocycles. The van der Waals surface area contributed by atoms with E-state index in [9.17, 15) is 4.21 Å². The molecular formula is C11H16N2OS. The van der Waals surface area contributed by atoms with Gasteiger partial charge in [-0.05, 0) is 31.5 Å². The van der Waals surface area contributed by atoms with Crippen LogP contribution in [0.3, 0.4) is 0 Å². The van der Waals surface area contributed by atoms with Crippen LogP contribution >= 0.6 is 0 Å². The van der Waals surface area contributed by atoms with E-state index in [2.05, 4.69) is 10.3 Å². The van der Waals surface area contributed by atoms with E-state index in [-0.39, 0.29) is 0 Å². The third-order valence-electron chi connectivity index (χ3n) is 2.71. The highest BCUT2D eigenvalue weighted by Crippen LogP contribution is 2.21. The number of nitrogens with one attached hydrogen (secondary N) is 1. The molecule has 0 aromatic carbocycles. The Balaban J connectivity index is 2.19. The van der Waals surface area contributed by atoms with Gasteiger partial charge in [-0.1, -0.05) is 12.5 Å². The Morgan fingerprint density at radius 3 is 3.00 bits per heavy atom. The summed E-state index contributed by atoms with van der Waals surface area (Å²) in [5.41, 5.74) is 1.03. The molecule has 1 N–H and O–H groups in total. The highest BCUT2D eigenvalue weighted by Gasteiger charge is 2.16. The maximum absolute atomic E-state index is 11.3. The Kier molecular flexibility index (Phi) is 3.49. The SMILES string of the molecule is CS(=O)c1cccc(C2CCCCN2)n1. The molecule has 2 rings (SSSR count). The number of nitrogens with zero attached hydrogens (tertiary/aromatic N) is 1. The van der Waals surface area contributed by atoms with Gasteiger partial charge in [0.2, 0.25) is 0 Å². The molecule has 0 saturated carbocycles. The molecule has 1 aliphatic rings. The topological polar surface area (TPSA) is 42.0 Å². The second-order valence-electron chi connectivity index (χ2n) is 3.86. The van der Waals surface area contributed by atoms with E-state index in [0.717, 1.165) is 18.7 Å². The van der Waals surface area contributed by atoms with Gasteiger partial charge >= 0.3 is 0 Å². The zero-order valence-electron chi connectivity index (χ0n) is 8.90. The predicted octanol–water partition coefficient (Wildman–Crippen LogP) is 1.63. The first-order valence-electron chi connectivity index (χ1n) is 5.31. The first-order valence-corrected chi connectivity index (χ1v) is 6.87. The van der Waals surface area contributed by atoms with Crippen LogP contribution < -0.4 is 5.32 Å². The van der Waals surface area contributed by atoms with E-state index < -0.39 is 10.8 Å². The summed E-state index contributed by atoms with van der Waals surface area (Å²) in [6.45, 7) is 1.06. The highest BCUT2D eigenvalue weighted by atomic mass is 32.2. The average Bonchev–Trinajstić information content (AvgIpc) is 2.30. The highest BCUT2D eigenvalue weighted by molar-refractivity contribution is 7.84. The molecule has 0 radical (unpaired) electrons. The van der Waals surface area contributed by atoms with Crippen molar-refractivity contribution in [2.45, 2.75) is 30.3 Å². The van der Waals surface area contributed by atoms with E-state index in [0.29, 0.717) is 11.1 Å². The van der Waals surface area contributed by atoms with Crippen molar-refractivity contribution in [3.63, 3.8) is 0 Å². The summed E-state index contributed by atoms with van der Waals surface area (Å²) >= 11 is 0. The quantitative estimate of drug-likeness (QED) is 0.830. The molecule has 4 heteroatoms. The van der Waals surface area contributed by atoms with Gasteiger partial charge in [-0.25, -0.2) is 4.98 Å². The van der Waals surface area contributed by atoms with Gasteiger partial charge < -0.3 is 5.32 Å². The number of aromatic nitrogens is 1. The number of piperidine rings is 1. The van der Waals surface area contributed by atoms with Crippen molar-refractivity contribution in [2.24, 2.45) is 0 Å². The van der Waals surface area contributed by atoms with E-state index in [1.54, 1.807) is 6.26 Å². The summed E-state index contributed by atoms with van der Waals surface area (Å²) < 4.78 is 11.3. The fourth-order valence-electron chi connectivity index (χ4n) is 1.89. The molecule has 1 saturated heterocycles. The second-order valence-corrected chi connectivity index (χ2v) is 5.18. The Hall–Kier alpha value is -0.740. The van der Waals surface area contributed by atoms with Crippen LogP contribution in [0.2, 0.25) is 0 Å². The molecule has 0 spiro atoms. The molecule has 3 nitrogen and oxygen atoms in total. The van der Waals surface area contributed by atoms with Crippen LogP contribution in [-0.4, -0.2) is 22.0 Å². The van der Waals surface area contributed by atoms with Gasteiger partial charge in [0.25, 0.3) is 0 Å². The van der Waals surface area contributed by atoms with Crippen LogP contribution in [0.25, 0.3) is 0 Å². The van der Waals surface area contributed by atoms with Crippen molar-refractivity contribution >= 4 is 10.8 Å². The standard InChI is InChI=1S/C11H16N2OS/c1-15(14)11-7-4-6-10(13-11)9-5-2-3-8-12-9/h4,6-7,9,12H,2-3,5,8H2,1H3. The first-order chi connectivity index (χ1) is 7.27. The lowest BCUT2D eigenvalue weighted by Crippen LogP contribution is -2.27. The molecule has 1 aromatic heterocycles. The number of pyridine rings is 1. The van der Waals surface area contributed by atoms with Gasteiger partial charge in [0.15, 0.2) is 0 Å². The van der Waals surface area contributed by atoms with Crippen molar-refractivity contribution in [1.82, 2.24) is 10.3 Å². The Morgan fingerprint density at radius 2 is 2.33 bits per heavy atom. The van der Waals surface area contributed by atoms with E-state index >= 15 is 0 Å². The van der Waals surface area contributed by atoms with Crippen LogP contribution in [0.5, 0.6) is 0 Å². The molecule has 1 aromatic rings. The zero-order valence-corrected chi connectivity index (χ0v) is 9.72. The lowest BCUT2D eigenvalue weighted by Gasteiger charge is -2.23. The van der Waals surface area contributed by atoms with Crippen molar-refractivity contribution in [3.05, 3.63) is 23.9 Å². The van der Waals surface area contributed by atoms with Crippen molar-refractivity contribution in [2.75, 3.05) is 12.8 Å². The molecule has 0 amide bonds. The van der Waals surface area contributed by atoms with Gasteiger partial charge in [0, 0.05) is 12.3 Å². The van der Waals surface area contributed by atoms with Crippen molar-refractivity contribution < 1.29 is 4.21 Å². The largest absolute Gasteiger partial charge is 0.309 e. The summed E-state index contributed by atoms with van der Waals surface area (Å²) in [6, 6.07) is 6.12. The Morgan fingerprint density at radius 1 is 1.47 bits per heavy atom. The predicted molar refractivity (Wildman–Crippen MR) is 61.2 cm³/mol. The minimum Gasteiger partial charge on any atom is -0.309 e. The summed E-state index contributed by atoms with van der Waals surface area (Å²) in [7, 11) is -0.983. The maximum Gasteiger partial charge on any atom is 0.127 e. The second kappa shape index (κ2) is 4.86. The normalized spacial score (nSPS) is 23.7. The zero-order chi connectivity index (χ0) is 10.7. The lowest BCUT2D eigenvalue weighted by molar-refractivity contribution is 0.404. The van der Waals surface area contributed by atoms with Crippen LogP contribution in [-0.2, 0) is 10.8 Å². The number of rotatable bonds is 2. The number of hydrogen-bond donors (Lipinski definition) is 1. The molecule has 1 aliphatic heterocycles. The van der Waals surface area contributed by atoms with Gasteiger partial charge in [-0.15, -0.1) is 0 Å². The third kappa shape index (κ3) is 2.63. The fraction of sp³-hybridized carbons (Fsp3) is 0.545. The van der Waals surface area contributed by atoms with Gasteiger partial charge in [0.05, 0.1) is 16.5 Å². The molecule has 0 bridgehead atoms. The minimum atomic E-state index is -0.983. The van der Waals surface area contributed by atoms with Crippen LogP contribution in [0, 0.1) is 0 Å². The van der Waals surface area contributed by atoms with Gasteiger partial charge in [-0.3, -0.25) is 4.21 Å². The Labute approximate surface area is 92.8 Å². The van der Waals surface area contributed by atoms with Crippen LogP contribution in [0.15, 0.2) is 23.2 Å². The molecule has 2 heterocycles. The summed E-state index contributed by atoms with van der Waals surface area (Å²) in [5, 5.41) is 4.12.